The Kier molecular flexibility index (Phi) is 5.43. The molecule has 2 heterocycles. The van der Waals surface area contributed by atoms with Crippen LogP contribution < -0.4 is 0 Å². The lowest BCUT2D eigenvalue weighted by Gasteiger charge is -2.38. The summed E-state index contributed by atoms with van der Waals surface area (Å²) in [5.74, 6) is -0.181. The van der Waals surface area contributed by atoms with Gasteiger partial charge in [-0.15, -0.1) is 0 Å². The van der Waals surface area contributed by atoms with Gasteiger partial charge >= 0.3 is 0 Å². The third-order valence-electron chi connectivity index (χ3n) is 4.63. The number of ether oxygens (including phenoxy) is 2. The monoisotopic (exact) mass is 368 g/mol. The van der Waals surface area contributed by atoms with Crippen molar-refractivity contribution in [3.63, 3.8) is 0 Å². The van der Waals surface area contributed by atoms with Crippen molar-refractivity contribution in [2.24, 2.45) is 0 Å². The molecule has 3 rings (SSSR count). The molecule has 0 saturated carbocycles. The first kappa shape index (κ1) is 18.3. The second kappa shape index (κ2) is 7.41. The Hall–Kier alpha value is -1.48. The van der Waals surface area contributed by atoms with Crippen molar-refractivity contribution in [3.05, 3.63) is 29.8 Å². The minimum Gasteiger partial charge on any atom is -0.348 e. The van der Waals surface area contributed by atoms with Crippen molar-refractivity contribution < 1.29 is 22.7 Å². The fraction of sp³-hybridized carbons (Fsp3) is 0.588. The van der Waals surface area contributed by atoms with Crippen LogP contribution in [0.2, 0.25) is 0 Å². The zero-order valence-electron chi connectivity index (χ0n) is 14.6. The van der Waals surface area contributed by atoms with Crippen molar-refractivity contribution in [2.75, 3.05) is 33.9 Å². The Bertz CT molecular complexity index is 728. The van der Waals surface area contributed by atoms with Crippen molar-refractivity contribution in [2.45, 2.75) is 36.5 Å². The quantitative estimate of drug-likeness (QED) is 0.801. The van der Waals surface area contributed by atoms with Crippen molar-refractivity contribution >= 4 is 15.9 Å². The maximum atomic E-state index is 13.0. The summed E-state index contributed by atoms with van der Waals surface area (Å²) in [6, 6.07) is 6.07. The average Bonchev–Trinajstić information content (AvgIpc) is 3.15. The van der Waals surface area contributed by atoms with Crippen LogP contribution in [0.5, 0.6) is 0 Å². The van der Waals surface area contributed by atoms with E-state index in [0.717, 1.165) is 23.6 Å². The fourth-order valence-electron chi connectivity index (χ4n) is 3.26. The number of rotatable bonds is 4. The van der Waals surface area contributed by atoms with Crippen LogP contribution in [0.25, 0.3) is 0 Å². The molecule has 0 spiro atoms. The first-order chi connectivity index (χ1) is 11.9. The maximum absolute atomic E-state index is 13.0. The van der Waals surface area contributed by atoms with Gasteiger partial charge in [-0.2, -0.15) is 0 Å². The molecule has 2 saturated heterocycles. The third-order valence-corrected chi connectivity index (χ3v) is 6.44. The standard InChI is InChI=1S/C17H24N2O5S/c1-18(2)25(21,22)14-7-5-6-13(12-14)16(20)19-9-4-3-8-15(19)17-23-10-11-24-17/h5-7,12,15,17H,3-4,8-11H2,1-2H3. The summed E-state index contributed by atoms with van der Waals surface area (Å²) < 4.78 is 37.0. The smallest absolute Gasteiger partial charge is 0.254 e. The predicted octanol–water partition coefficient (Wildman–Crippen LogP) is 1.30. The van der Waals surface area contributed by atoms with Gasteiger partial charge in [0, 0.05) is 26.2 Å². The molecular formula is C17H24N2O5S. The largest absolute Gasteiger partial charge is 0.348 e. The summed E-state index contributed by atoms with van der Waals surface area (Å²) in [6.07, 6.45) is 2.38. The summed E-state index contributed by atoms with van der Waals surface area (Å²) >= 11 is 0. The highest BCUT2D eigenvalue weighted by atomic mass is 32.2. The van der Waals surface area contributed by atoms with Gasteiger partial charge in [-0.3, -0.25) is 4.79 Å². The topological polar surface area (TPSA) is 76.2 Å². The first-order valence-electron chi connectivity index (χ1n) is 8.48. The van der Waals surface area contributed by atoms with Crippen LogP contribution in [0.1, 0.15) is 29.6 Å². The normalized spacial score (nSPS) is 22.5. The Morgan fingerprint density at radius 1 is 1.20 bits per heavy atom. The Morgan fingerprint density at radius 3 is 2.60 bits per heavy atom. The molecule has 1 unspecified atom stereocenters. The second-order valence-corrected chi connectivity index (χ2v) is 8.64. The number of hydrogen-bond donors (Lipinski definition) is 0. The SMILES string of the molecule is CN(C)S(=O)(=O)c1cccc(C(=O)N2CCCCC2C2OCCO2)c1. The van der Waals surface area contributed by atoms with Crippen molar-refractivity contribution in [1.29, 1.82) is 0 Å². The molecule has 1 aromatic carbocycles. The average molecular weight is 368 g/mol. The van der Waals surface area contributed by atoms with Gasteiger partial charge in [-0.1, -0.05) is 6.07 Å². The van der Waals surface area contributed by atoms with Gasteiger partial charge in [0.1, 0.15) is 0 Å². The van der Waals surface area contributed by atoms with E-state index in [1.54, 1.807) is 17.0 Å². The van der Waals surface area contributed by atoms with Gasteiger partial charge < -0.3 is 14.4 Å². The van der Waals surface area contributed by atoms with E-state index < -0.39 is 16.3 Å². The van der Waals surface area contributed by atoms with Crippen molar-refractivity contribution in [3.8, 4) is 0 Å². The van der Waals surface area contributed by atoms with E-state index in [9.17, 15) is 13.2 Å². The second-order valence-electron chi connectivity index (χ2n) is 6.49. The number of amides is 1. The van der Waals surface area contributed by atoms with E-state index in [1.165, 1.54) is 26.2 Å². The van der Waals surface area contributed by atoms with E-state index in [-0.39, 0.29) is 16.8 Å². The summed E-state index contributed by atoms with van der Waals surface area (Å²) in [5, 5.41) is 0. The minimum atomic E-state index is -3.58. The Morgan fingerprint density at radius 2 is 1.92 bits per heavy atom. The Balaban J connectivity index is 1.86. The van der Waals surface area contributed by atoms with E-state index >= 15 is 0 Å². The van der Waals surface area contributed by atoms with Crippen LogP contribution in [-0.4, -0.2) is 69.7 Å². The number of benzene rings is 1. The molecule has 0 aliphatic carbocycles. The molecule has 138 valence electrons. The molecule has 0 aromatic heterocycles. The lowest BCUT2D eigenvalue weighted by atomic mass is 10.00. The van der Waals surface area contributed by atoms with Gasteiger partial charge in [0.15, 0.2) is 6.29 Å². The molecule has 0 bridgehead atoms. The van der Waals surface area contributed by atoms with Gasteiger partial charge in [0.25, 0.3) is 5.91 Å². The molecule has 1 amide bonds. The summed E-state index contributed by atoms with van der Waals surface area (Å²) in [6.45, 7) is 1.71. The van der Waals surface area contributed by atoms with E-state index in [4.69, 9.17) is 9.47 Å². The molecule has 0 N–H and O–H groups in total. The summed E-state index contributed by atoms with van der Waals surface area (Å²) in [5.41, 5.74) is 0.368. The summed E-state index contributed by atoms with van der Waals surface area (Å²) in [7, 11) is -0.637. The lowest BCUT2D eigenvalue weighted by molar-refractivity contribution is -0.100. The van der Waals surface area contributed by atoms with Crippen LogP contribution >= 0.6 is 0 Å². The molecule has 1 aromatic rings. The van der Waals surface area contributed by atoms with Crippen LogP contribution in [0, 0.1) is 0 Å². The van der Waals surface area contributed by atoms with E-state index in [2.05, 4.69) is 0 Å². The Labute approximate surface area is 148 Å². The van der Waals surface area contributed by atoms with E-state index in [1.807, 2.05) is 0 Å². The van der Waals surface area contributed by atoms with Gasteiger partial charge in [-0.25, -0.2) is 12.7 Å². The minimum absolute atomic E-state index is 0.116. The number of piperidine rings is 1. The zero-order valence-corrected chi connectivity index (χ0v) is 15.4. The van der Waals surface area contributed by atoms with Gasteiger partial charge in [0.05, 0.1) is 24.2 Å². The highest BCUT2D eigenvalue weighted by Gasteiger charge is 2.36. The third kappa shape index (κ3) is 3.72. The molecule has 7 nitrogen and oxygen atoms in total. The van der Waals surface area contributed by atoms with Gasteiger partial charge in [0.2, 0.25) is 10.0 Å². The highest BCUT2D eigenvalue weighted by Crippen LogP contribution is 2.26. The van der Waals surface area contributed by atoms with Crippen LogP contribution in [-0.2, 0) is 19.5 Å². The van der Waals surface area contributed by atoms with Gasteiger partial charge in [-0.05, 0) is 37.5 Å². The van der Waals surface area contributed by atoms with Crippen molar-refractivity contribution in [1.82, 2.24) is 9.21 Å². The molecular weight excluding hydrogens is 344 g/mol. The molecule has 1 atom stereocenters. The lowest BCUT2D eigenvalue weighted by Crippen LogP contribution is -2.50. The number of likely N-dealkylation sites (tertiary alicyclic amines) is 1. The highest BCUT2D eigenvalue weighted by molar-refractivity contribution is 7.89. The molecule has 2 aliphatic heterocycles. The van der Waals surface area contributed by atoms with Crippen LogP contribution in [0.15, 0.2) is 29.2 Å². The number of hydrogen-bond acceptors (Lipinski definition) is 5. The van der Waals surface area contributed by atoms with E-state index in [0.29, 0.717) is 25.3 Å². The number of carbonyl (C=O) groups is 1. The first-order valence-corrected chi connectivity index (χ1v) is 9.92. The molecule has 2 aliphatic rings. The van der Waals surface area contributed by atoms with Crippen LogP contribution in [0.3, 0.4) is 0 Å². The molecule has 0 radical (unpaired) electrons. The number of carbonyl (C=O) groups excluding carboxylic acids is 1. The fourth-order valence-corrected chi connectivity index (χ4v) is 4.21. The summed E-state index contributed by atoms with van der Waals surface area (Å²) in [4.78, 5) is 14.9. The number of nitrogens with zero attached hydrogens (tertiary/aromatic N) is 2. The molecule has 25 heavy (non-hydrogen) atoms. The predicted molar refractivity (Wildman–Crippen MR) is 91.7 cm³/mol. The molecule has 2 fully saturated rings. The zero-order chi connectivity index (χ0) is 18.0. The van der Waals surface area contributed by atoms with Crippen LogP contribution in [0.4, 0.5) is 0 Å². The molecule has 8 heteroatoms. The maximum Gasteiger partial charge on any atom is 0.254 e. The number of sulfonamides is 1.